The minimum absolute atomic E-state index is 0.0383. The van der Waals surface area contributed by atoms with Gasteiger partial charge in [-0.1, -0.05) is 35.4 Å². The number of amides is 2. The van der Waals surface area contributed by atoms with Crippen molar-refractivity contribution in [1.29, 1.82) is 0 Å². The van der Waals surface area contributed by atoms with Gasteiger partial charge in [0.25, 0.3) is 11.8 Å². The van der Waals surface area contributed by atoms with Crippen LogP contribution in [0.3, 0.4) is 0 Å². The maximum absolute atomic E-state index is 12.9. The van der Waals surface area contributed by atoms with E-state index >= 15 is 0 Å². The van der Waals surface area contributed by atoms with Gasteiger partial charge in [0.05, 0.1) is 18.4 Å². The summed E-state index contributed by atoms with van der Waals surface area (Å²) in [5, 5.41) is 2.64. The third kappa shape index (κ3) is 3.44. The number of carbonyl (C=O) groups is 3. The van der Waals surface area contributed by atoms with Crippen molar-refractivity contribution in [3.05, 3.63) is 69.9 Å². The third-order valence-electron chi connectivity index (χ3n) is 4.17. The van der Waals surface area contributed by atoms with Crippen LogP contribution in [0.1, 0.15) is 21.5 Å². The lowest BCUT2D eigenvalue weighted by Gasteiger charge is -2.18. The van der Waals surface area contributed by atoms with Crippen molar-refractivity contribution < 1.29 is 19.1 Å². The maximum atomic E-state index is 12.9. The number of methoxy groups -OCH3 is 1. The van der Waals surface area contributed by atoms with Gasteiger partial charge < -0.3 is 10.1 Å². The summed E-state index contributed by atoms with van der Waals surface area (Å²) in [6.07, 6.45) is 0. The highest BCUT2D eigenvalue weighted by Gasteiger charge is 2.39. The Kier molecular flexibility index (Phi) is 5.01. The number of halogens is 1. The average Bonchev–Trinajstić information content (AvgIpc) is 2.85. The number of aryl methyl sites for hydroxylation is 2. The first-order valence-electron chi connectivity index (χ1n) is 8.14. The number of carbonyl (C=O) groups excluding carboxylic acids is 3. The molecule has 0 bridgehead atoms. The fourth-order valence-corrected chi connectivity index (χ4v) is 3.09. The Morgan fingerprint density at radius 1 is 1.07 bits per heavy atom. The van der Waals surface area contributed by atoms with Crippen LogP contribution in [0.4, 0.5) is 11.4 Å². The van der Waals surface area contributed by atoms with E-state index in [-0.39, 0.29) is 10.7 Å². The van der Waals surface area contributed by atoms with Gasteiger partial charge in [0.2, 0.25) is 0 Å². The molecule has 1 aliphatic rings. The number of hydrogen-bond donors (Lipinski definition) is 1. The van der Waals surface area contributed by atoms with Crippen LogP contribution in [0.15, 0.2) is 53.2 Å². The van der Waals surface area contributed by atoms with Crippen LogP contribution in [-0.4, -0.2) is 24.9 Å². The first-order valence-corrected chi connectivity index (χ1v) is 8.52. The summed E-state index contributed by atoms with van der Waals surface area (Å²) in [5.41, 5.74) is 3.00. The molecule has 0 saturated heterocycles. The molecule has 0 saturated carbocycles. The van der Waals surface area contributed by atoms with Crippen molar-refractivity contribution in [2.45, 2.75) is 13.8 Å². The van der Waals surface area contributed by atoms with E-state index in [1.807, 2.05) is 26.0 Å². The molecule has 0 fully saturated rings. The van der Waals surface area contributed by atoms with Crippen LogP contribution in [0.2, 0.25) is 0 Å². The molecule has 2 aromatic carbocycles. The van der Waals surface area contributed by atoms with Gasteiger partial charge in [-0.2, -0.15) is 0 Å². The third-order valence-corrected chi connectivity index (χ3v) is 4.52. The van der Waals surface area contributed by atoms with Crippen LogP contribution in [0.25, 0.3) is 0 Å². The van der Waals surface area contributed by atoms with E-state index in [9.17, 15) is 14.4 Å². The molecule has 0 radical (unpaired) electrons. The smallest absolute Gasteiger partial charge is 0.337 e. The highest BCUT2D eigenvalue weighted by atomic mass is 35.5. The molecular weight excluding hydrogens is 368 g/mol. The molecule has 0 aliphatic carbocycles. The van der Waals surface area contributed by atoms with Gasteiger partial charge in [0.15, 0.2) is 0 Å². The van der Waals surface area contributed by atoms with E-state index in [4.69, 9.17) is 11.6 Å². The summed E-state index contributed by atoms with van der Waals surface area (Å²) in [6, 6.07) is 11.8. The molecule has 138 valence electrons. The molecule has 2 aromatic rings. The number of ether oxygens (including phenoxy) is 1. The normalized spacial score (nSPS) is 14.0. The zero-order chi connectivity index (χ0) is 19.7. The van der Waals surface area contributed by atoms with Gasteiger partial charge in [0.1, 0.15) is 10.7 Å². The molecule has 2 amide bonds. The molecule has 6 nitrogen and oxygen atoms in total. The van der Waals surface area contributed by atoms with Crippen molar-refractivity contribution in [1.82, 2.24) is 0 Å². The Bertz CT molecular complexity index is 997. The van der Waals surface area contributed by atoms with Gasteiger partial charge in [-0.15, -0.1) is 0 Å². The summed E-state index contributed by atoms with van der Waals surface area (Å²) in [7, 11) is 1.28. The number of benzene rings is 2. The van der Waals surface area contributed by atoms with Gasteiger partial charge in [0, 0.05) is 5.69 Å². The highest BCUT2D eigenvalue weighted by Crippen LogP contribution is 2.32. The number of anilines is 2. The van der Waals surface area contributed by atoms with Crippen molar-refractivity contribution in [3.63, 3.8) is 0 Å². The number of esters is 1. The maximum Gasteiger partial charge on any atom is 0.337 e. The van der Waals surface area contributed by atoms with Crippen LogP contribution < -0.4 is 10.2 Å². The van der Waals surface area contributed by atoms with Crippen molar-refractivity contribution >= 4 is 40.8 Å². The molecule has 7 heteroatoms. The second kappa shape index (κ2) is 7.25. The largest absolute Gasteiger partial charge is 0.465 e. The molecule has 0 spiro atoms. The number of nitrogens with one attached hydrogen (secondary N) is 1. The average molecular weight is 385 g/mol. The number of imide groups is 1. The van der Waals surface area contributed by atoms with Gasteiger partial charge in [-0.3, -0.25) is 9.59 Å². The lowest BCUT2D eigenvalue weighted by molar-refractivity contribution is -0.120. The summed E-state index contributed by atoms with van der Waals surface area (Å²) < 4.78 is 4.68. The summed E-state index contributed by atoms with van der Waals surface area (Å²) >= 11 is 6.14. The summed E-state index contributed by atoms with van der Waals surface area (Å²) in [4.78, 5) is 38.1. The number of hydrogen-bond acceptors (Lipinski definition) is 5. The summed E-state index contributed by atoms with van der Waals surface area (Å²) in [6.45, 7) is 3.75. The lowest BCUT2D eigenvalue weighted by atomic mass is 10.1. The SMILES string of the molecule is COC(=O)c1cccc(NC2=C(Cl)C(=O)N(c3ccc(C)cc3C)C2=O)c1. The zero-order valence-electron chi connectivity index (χ0n) is 15.0. The van der Waals surface area contributed by atoms with Crippen molar-refractivity contribution in [3.8, 4) is 0 Å². The Balaban J connectivity index is 1.92. The number of rotatable bonds is 4. The predicted molar refractivity (Wildman–Crippen MR) is 103 cm³/mol. The molecule has 27 heavy (non-hydrogen) atoms. The minimum Gasteiger partial charge on any atom is -0.465 e. The second-order valence-electron chi connectivity index (χ2n) is 6.12. The van der Waals surface area contributed by atoms with Gasteiger partial charge in [-0.05, 0) is 43.7 Å². The molecule has 1 N–H and O–H groups in total. The standard InChI is InChI=1S/C20H17ClN2O4/c1-11-7-8-15(12(2)9-11)23-18(24)16(21)17(19(23)25)22-14-6-4-5-13(10-14)20(26)27-3/h4-10,22H,1-3H3. The number of nitrogens with zero attached hydrogens (tertiary/aromatic N) is 1. The lowest BCUT2D eigenvalue weighted by Crippen LogP contribution is -2.32. The van der Waals surface area contributed by atoms with E-state index < -0.39 is 17.8 Å². The van der Waals surface area contributed by atoms with Crippen molar-refractivity contribution in [2.24, 2.45) is 0 Å². The fourth-order valence-electron chi connectivity index (χ4n) is 2.87. The molecule has 0 atom stereocenters. The van der Waals surface area contributed by atoms with E-state index in [0.717, 1.165) is 16.0 Å². The Hall–Kier alpha value is -3.12. The molecule has 0 aromatic heterocycles. The van der Waals surface area contributed by atoms with Crippen molar-refractivity contribution in [2.75, 3.05) is 17.3 Å². The first kappa shape index (κ1) is 18.7. The van der Waals surface area contributed by atoms with Crippen LogP contribution in [-0.2, 0) is 14.3 Å². The van der Waals surface area contributed by atoms with Crippen LogP contribution in [0.5, 0.6) is 0 Å². The molecule has 3 rings (SSSR count). The van der Waals surface area contributed by atoms with Gasteiger partial charge >= 0.3 is 5.97 Å². The quantitative estimate of drug-likeness (QED) is 0.644. The monoisotopic (exact) mass is 384 g/mol. The van der Waals surface area contributed by atoms with E-state index in [0.29, 0.717) is 16.9 Å². The van der Waals surface area contributed by atoms with E-state index in [2.05, 4.69) is 10.1 Å². The topological polar surface area (TPSA) is 75.7 Å². The molecular formula is C20H17ClN2O4. The van der Waals surface area contributed by atoms with E-state index in [1.165, 1.54) is 13.2 Å². The highest BCUT2D eigenvalue weighted by molar-refractivity contribution is 6.53. The summed E-state index contributed by atoms with van der Waals surface area (Å²) in [5.74, 6) is -1.66. The zero-order valence-corrected chi connectivity index (χ0v) is 15.8. The Labute approximate surface area is 161 Å². The minimum atomic E-state index is -0.597. The molecule has 1 heterocycles. The molecule has 1 aliphatic heterocycles. The predicted octanol–water partition coefficient (Wildman–Crippen LogP) is 3.53. The van der Waals surface area contributed by atoms with Crippen LogP contribution >= 0.6 is 11.6 Å². The second-order valence-corrected chi connectivity index (χ2v) is 6.50. The first-order chi connectivity index (χ1) is 12.8. The Morgan fingerprint density at radius 2 is 1.81 bits per heavy atom. The van der Waals surface area contributed by atoms with E-state index in [1.54, 1.807) is 24.3 Å². The van der Waals surface area contributed by atoms with Gasteiger partial charge in [-0.25, -0.2) is 9.69 Å². The molecule has 0 unspecified atom stereocenters. The Morgan fingerprint density at radius 3 is 2.48 bits per heavy atom. The fraction of sp³-hybridized carbons (Fsp3) is 0.150. The van der Waals surface area contributed by atoms with Crippen LogP contribution in [0, 0.1) is 13.8 Å².